The molecule has 0 aliphatic rings. The summed E-state index contributed by atoms with van der Waals surface area (Å²) < 4.78 is 0. The number of nitrogens with one attached hydrogen (secondary N) is 1. The maximum Gasteiger partial charge on any atom is 0.254 e. The van der Waals surface area contributed by atoms with E-state index in [4.69, 9.17) is 0 Å². The second kappa shape index (κ2) is 6.99. The number of likely N-dealkylation sites (N-methyl/N-ethyl adjacent to an activating group) is 1. The summed E-state index contributed by atoms with van der Waals surface area (Å²) in [4.78, 5) is 29.8. The van der Waals surface area contributed by atoms with Gasteiger partial charge < -0.3 is 10.2 Å². The molecular weight excluding hydrogens is 286 g/mol. The summed E-state index contributed by atoms with van der Waals surface area (Å²) in [5.74, 6) is -0.390. The van der Waals surface area contributed by atoms with Gasteiger partial charge in [0.15, 0.2) is 5.13 Å². The number of aryl methyl sites for hydroxylation is 1. The fourth-order valence-corrected chi connectivity index (χ4v) is 2.37. The smallest absolute Gasteiger partial charge is 0.254 e. The predicted molar refractivity (Wildman–Crippen MR) is 83.5 cm³/mol. The van der Waals surface area contributed by atoms with Crippen molar-refractivity contribution in [3.8, 4) is 0 Å². The average Bonchev–Trinajstić information content (AvgIpc) is 2.97. The second-order valence-corrected chi connectivity index (χ2v) is 5.47. The molecule has 0 saturated carbocycles. The molecule has 0 spiro atoms. The maximum absolute atomic E-state index is 12.4. The summed E-state index contributed by atoms with van der Waals surface area (Å²) in [7, 11) is 0. The quantitative estimate of drug-likeness (QED) is 0.923. The lowest BCUT2D eigenvalue weighted by atomic mass is 10.1. The summed E-state index contributed by atoms with van der Waals surface area (Å²) in [6.45, 7) is 4.30. The molecule has 1 aromatic heterocycles. The largest absolute Gasteiger partial charge is 0.330 e. The van der Waals surface area contributed by atoms with Crippen LogP contribution >= 0.6 is 11.3 Å². The van der Waals surface area contributed by atoms with Crippen LogP contribution in [0.1, 0.15) is 22.8 Å². The lowest BCUT2D eigenvalue weighted by Gasteiger charge is -2.20. The van der Waals surface area contributed by atoms with E-state index in [2.05, 4.69) is 10.3 Å². The van der Waals surface area contributed by atoms with E-state index in [0.717, 1.165) is 5.56 Å². The Morgan fingerprint density at radius 1 is 1.29 bits per heavy atom. The zero-order valence-corrected chi connectivity index (χ0v) is 12.8. The molecule has 0 saturated heterocycles. The average molecular weight is 303 g/mol. The molecule has 0 fully saturated rings. The van der Waals surface area contributed by atoms with E-state index < -0.39 is 0 Å². The Kier molecular flexibility index (Phi) is 5.05. The summed E-state index contributed by atoms with van der Waals surface area (Å²) in [6.07, 6.45) is 1.62. The molecule has 2 aromatic rings. The van der Waals surface area contributed by atoms with Gasteiger partial charge in [-0.3, -0.25) is 9.59 Å². The third kappa shape index (κ3) is 4.13. The number of rotatable bonds is 5. The maximum atomic E-state index is 12.4. The highest BCUT2D eigenvalue weighted by molar-refractivity contribution is 7.13. The van der Waals surface area contributed by atoms with Crippen molar-refractivity contribution in [1.29, 1.82) is 0 Å². The van der Waals surface area contributed by atoms with Crippen molar-refractivity contribution >= 4 is 28.3 Å². The highest BCUT2D eigenvalue weighted by Gasteiger charge is 2.17. The Labute approximate surface area is 127 Å². The number of anilines is 1. The van der Waals surface area contributed by atoms with Crippen molar-refractivity contribution in [3.63, 3.8) is 0 Å². The van der Waals surface area contributed by atoms with Gasteiger partial charge in [0.1, 0.15) is 6.54 Å². The SMILES string of the molecule is CCN(CC(=O)Nc1nccs1)C(=O)c1ccc(C)cc1. The topological polar surface area (TPSA) is 62.3 Å². The molecule has 5 nitrogen and oxygen atoms in total. The fraction of sp³-hybridized carbons (Fsp3) is 0.267. The highest BCUT2D eigenvalue weighted by atomic mass is 32.1. The minimum Gasteiger partial charge on any atom is -0.330 e. The van der Waals surface area contributed by atoms with Gasteiger partial charge in [-0.25, -0.2) is 4.98 Å². The number of hydrogen-bond donors (Lipinski definition) is 1. The van der Waals surface area contributed by atoms with Gasteiger partial charge in [-0.2, -0.15) is 0 Å². The molecular formula is C15H17N3O2S. The molecule has 2 rings (SSSR count). The zero-order chi connectivity index (χ0) is 15.2. The van der Waals surface area contributed by atoms with E-state index in [1.54, 1.807) is 23.7 Å². The van der Waals surface area contributed by atoms with E-state index in [1.807, 2.05) is 26.0 Å². The Bertz CT molecular complexity index is 608. The fourth-order valence-electron chi connectivity index (χ4n) is 1.82. The predicted octanol–water partition coefficient (Wildman–Crippen LogP) is 2.55. The van der Waals surface area contributed by atoms with Crippen molar-refractivity contribution < 1.29 is 9.59 Å². The first-order chi connectivity index (χ1) is 10.1. The van der Waals surface area contributed by atoms with Crippen molar-refractivity contribution in [2.45, 2.75) is 13.8 Å². The van der Waals surface area contributed by atoms with Crippen LogP contribution in [0.3, 0.4) is 0 Å². The first-order valence-electron chi connectivity index (χ1n) is 6.65. The van der Waals surface area contributed by atoms with Gasteiger partial charge in [-0.1, -0.05) is 17.7 Å². The number of aromatic nitrogens is 1. The normalized spacial score (nSPS) is 10.2. The summed E-state index contributed by atoms with van der Waals surface area (Å²) >= 11 is 1.35. The molecule has 1 aromatic carbocycles. The van der Waals surface area contributed by atoms with Crippen LogP contribution in [0.4, 0.5) is 5.13 Å². The van der Waals surface area contributed by atoms with E-state index in [0.29, 0.717) is 17.2 Å². The van der Waals surface area contributed by atoms with Crippen LogP contribution < -0.4 is 5.32 Å². The number of thiazole rings is 1. The number of benzene rings is 1. The van der Waals surface area contributed by atoms with Crippen molar-refractivity contribution in [3.05, 3.63) is 47.0 Å². The molecule has 0 unspecified atom stereocenters. The van der Waals surface area contributed by atoms with Crippen LogP contribution in [-0.4, -0.2) is 34.8 Å². The molecule has 0 radical (unpaired) electrons. The summed E-state index contributed by atoms with van der Waals surface area (Å²) in [5.41, 5.74) is 1.68. The molecule has 0 atom stereocenters. The molecule has 1 heterocycles. The van der Waals surface area contributed by atoms with Crippen molar-refractivity contribution in [2.75, 3.05) is 18.4 Å². The first kappa shape index (κ1) is 15.2. The number of nitrogens with zero attached hydrogens (tertiary/aromatic N) is 2. The van der Waals surface area contributed by atoms with E-state index in [1.165, 1.54) is 16.2 Å². The first-order valence-corrected chi connectivity index (χ1v) is 7.53. The minimum absolute atomic E-state index is 0.0167. The molecule has 110 valence electrons. The zero-order valence-electron chi connectivity index (χ0n) is 12.0. The molecule has 21 heavy (non-hydrogen) atoms. The standard InChI is InChI=1S/C15H17N3O2S/c1-3-18(10-13(19)17-15-16-8-9-21-15)14(20)12-6-4-11(2)5-7-12/h4-9H,3,10H2,1-2H3,(H,16,17,19). The summed E-state index contributed by atoms with van der Waals surface area (Å²) in [5, 5.41) is 5.00. The third-order valence-electron chi connectivity index (χ3n) is 2.98. The molecule has 0 aliphatic carbocycles. The van der Waals surface area contributed by atoms with Crippen LogP contribution in [0.25, 0.3) is 0 Å². The number of carbonyl (C=O) groups excluding carboxylic acids is 2. The van der Waals surface area contributed by atoms with Crippen LogP contribution in [0.2, 0.25) is 0 Å². The highest BCUT2D eigenvalue weighted by Crippen LogP contribution is 2.11. The summed E-state index contributed by atoms with van der Waals surface area (Å²) in [6, 6.07) is 7.32. The lowest BCUT2D eigenvalue weighted by molar-refractivity contribution is -0.116. The minimum atomic E-state index is -0.243. The van der Waals surface area contributed by atoms with Gasteiger partial charge in [0.05, 0.1) is 0 Å². The Balaban J connectivity index is 2.00. The number of carbonyl (C=O) groups is 2. The lowest BCUT2D eigenvalue weighted by Crippen LogP contribution is -2.37. The molecule has 6 heteroatoms. The Hall–Kier alpha value is -2.21. The van der Waals surface area contributed by atoms with E-state index in [-0.39, 0.29) is 18.4 Å². The Morgan fingerprint density at radius 2 is 2.00 bits per heavy atom. The van der Waals surface area contributed by atoms with Gasteiger partial charge in [0.25, 0.3) is 5.91 Å². The van der Waals surface area contributed by atoms with Gasteiger partial charge in [-0.05, 0) is 26.0 Å². The molecule has 2 amide bonds. The monoisotopic (exact) mass is 303 g/mol. The van der Waals surface area contributed by atoms with Gasteiger partial charge >= 0.3 is 0 Å². The number of amides is 2. The molecule has 0 aliphatic heterocycles. The van der Waals surface area contributed by atoms with Gasteiger partial charge in [-0.15, -0.1) is 11.3 Å². The van der Waals surface area contributed by atoms with Crippen LogP contribution in [0, 0.1) is 6.92 Å². The second-order valence-electron chi connectivity index (χ2n) is 4.57. The van der Waals surface area contributed by atoms with E-state index in [9.17, 15) is 9.59 Å². The van der Waals surface area contributed by atoms with Gasteiger partial charge in [0.2, 0.25) is 5.91 Å². The van der Waals surface area contributed by atoms with Gasteiger partial charge in [0, 0.05) is 23.7 Å². The Morgan fingerprint density at radius 3 is 2.57 bits per heavy atom. The third-order valence-corrected chi connectivity index (χ3v) is 3.67. The molecule has 0 bridgehead atoms. The molecule has 1 N–H and O–H groups in total. The van der Waals surface area contributed by atoms with E-state index >= 15 is 0 Å². The van der Waals surface area contributed by atoms with Crippen molar-refractivity contribution in [1.82, 2.24) is 9.88 Å². The van der Waals surface area contributed by atoms with Crippen molar-refractivity contribution in [2.24, 2.45) is 0 Å². The van der Waals surface area contributed by atoms with Crippen LogP contribution in [0.15, 0.2) is 35.8 Å². The van der Waals surface area contributed by atoms with Crippen LogP contribution in [0.5, 0.6) is 0 Å². The number of hydrogen-bond acceptors (Lipinski definition) is 4. The van der Waals surface area contributed by atoms with Crippen LogP contribution in [-0.2, 0) is 4.79 Å².